The van der Waals surface area contributed by atoms with E-state index in [0.29, 0.717) is 10.6 Å². The molecule has 3 rings (SSSR count). The van der Waals surface area contributed by atoms with Gasteiger partial charge in [0.1, 0.15) is 9.84 Å². The van der Waals surface area contributed by atoms with Crippen LogP contribution in [0, 0.1) is 0 Å². The summed E-state index contributed by atoms with van der Waals surface area (Å²) in [4.78, 5) is 0. The monoisotopic (exact) mass is 461 g/mol. The molecule has 0 aliphatic carbocycles. The van der Waals surface area contributed by atoms with Crippen LogP contribution in [0.2, 0.25) is 5.02 Å². The van der Waals surface area contributed by atoms with E-state index in [9.17, 15) is 21.6 Å². The molecule has 1 heterocycles. The highest BCUT2D eigenvalue weighted by molar-refractivity contribution is 8.00. The molecular formula is C18H15ClF3N3O2S2. The molecule has 5 nitrogen and oxygen atoms in total. The van der Waals surface area contributed by atoms with E-state index in [2.05, 4.69) is 10.2 Å². The van der Waals surface area contributed by atoms with Gasteiger partial charge in [-0.3, -0.25) is 4.57 Å². The zero-order chi connectivity index (χ0) is 21.2. The fourth-order valence-electron chi connectivity index (χ4n) is 2.52. The number of nitrogens with zero attached hydrogens (tertiary/aromatic N) is 3. The van der Waals surface area contributed by atoms with Crippen LogP contribution >= 0.6 is 23.4 Å². The molecule has 29 heavy (non-hydrogen) atoms. The van der Waals surface area contributed by atoms with Crippen LogP contribution in [0.5, 0.6) is 0 Å². The zero-order valence-electron chi connectivity index (χ0n) is 15.0. The molecule has 1 aromatic heterocycles. The summed E-state index contributed by atoms with van der Waals surface area (Å²) in [5.41, 5.74) is -0.128. The van der Waals surface area contributed by atoms with Crippen LogP contribution in [0.15, 0.2) is 53.7 Å². The summed E-state index contributed by atoms with van der Waals surface area (Å²) in [6.45, 7) is 0. The van der Waals surface area contributed by atoms with Crippen molar-refractivity contribution < 1.29 is 21.6 Å². The van der Waals surface area contributed by atoms with E-state index >= 15 is 0 Å². The molecule has 0 N–H and O–H groups in total. The lowest BCUT2D eigenvalue weighted by Crippen LogP contribution is -2.08. The van der Waals surface area contributed by atoms with E-state index in [0.717, 1.165) is 30.2 Å². The van der Waals surface area contributed by atoms with Crippen molar-refractivity contribution in [2.24, 2.45) is 0 Å². The number of hydrogen-bond acceptors (Lipinski definition) is 5. The van der Waals surface area contributed by atoms with Crippen molar-refractivity contribution in [2.75, 3.05) is 17.8 Å². The maximum atomic E-state index is 13.2. The fourth-order valence-corrected chi connectivity index (χ4v) is 4.89. The van der Waals surface area contributed by atoms with Crippen molar-refractivity contribution in [1.29, 1.82) is 0 Å². The molecule has 2 aromatic carbocycles. The van der Waals surface area contributed by atoms with Gasteiger partial charge in [-0.25, -0.2) is 8.42 Å². The third-order valence-corrected chi connectivity index (χ3v) is 6.33. The molecule has 0 atom stereocenters. The van der Waals surface area contributed by atoms with E-state index in [1.54, 1.807) is 24.3 Å². The van der Waals surface area contributed by atoms with Gasteiger partial charge in [0.25, 0.3) is 0 Å². The topological polar surface area (TPSA) is 64.8 Å². The average Bonchev–Trinajstić information content (AvgIpc) is 3.04. The Morgan fingerprint density at radius 2 is 1.83 bits per heavy atom. The lowest BCUT2D eigenvalue weighted by molar-refractivity contribution is -0.137. The molecule has 154 valence electrons. The molecule has 0 fully saturated rings. The maximum Gasteiger partial charge on any atom is 0.416 e. The van der Waals surface area contributed by atoms with Crippen molar-refractivity contribution in [3.05, 3.63) is 59.1 Å². The van der Waals surface area contributed by atoms with Crippen molar-refractivity contribution in [3.63, 3.8) is 0 Å². The second kappa shape index (κ2) is 8.37. The molecule has 3 aromatic rings. The molecule has 0 saturated carbocycles. The van der Waals surface area contributed by atoms with Crippen LogP contribution in [0.4, 0.5) is 13.2 Å². The first-order valence-electron chi connectivity index (χ1n) is 8.25. The molecule has 0 unspecified atom stereocenters. The largest absolute Gasteiger partial charge is 0.416 e. The third-order valence-electron chi connectivity index (χ3n) is 3.87. The van der Waals surface area contributed by atoms with Gasteiger partial charge in [-0.05, 0) is 30.3 Å². The van der Waals surface area contributed by atoms with Crippen LogP contribution in [0.3, 0.4) is 0 Å². The maximum absolute atomic E-state index is 13.2. The Hall–Kier alpha value is -2.04. The van der Waals surface area contributed by atoms with E-state index in [1.165, 1.54) is 16.7 Å². The normalized spacial score (nSPS) is 12.3. The lowest BCUT2D eigenvalue weighted by Gasteiger charge is -2.13. The van der Waals surface area contributed by atoms with Gasteiger partial charge in [-0.2, -0.15) is 13.2 Å². The molecule has 0 bridgehead atoms. The Labute approximate surface area is 174 Å². The highest BCUT2D eigenvalue weighted by atomic mass is 35.5. The number of benzene rings is 2. The molecule has 0 amide bonds. The predicted molar refractivity (Wildman–Crippen MR) is 107 cm³/mol. The molecular weight excluding hydrogens is 447 g/mol. The second-order valence-corrected chi connectivity index (χ2v) is 9.88. The van der Waals surface area contributed by atoms with Crippen LogP contribution < -0.4 is 0 Å². The van der Waals surface area contributed by atoms with Gasteiger partial charge >= 0.3 is 6.18 Å². The van der Waals surface area contributed by atoms with Gasteiger partial charge in [-0.1, -0.05) is 41.6 Å². The summed E-state index contributed by atoms with van der Waals surface area (Å²) in [5.74, 6) is 0.337. The third kappa shape index (κ3) is 5.31. The molecule has 0 spiro atoms. The minimum Gasteiger partial charge on any atom is -0.270 e. The SMILES string of the molecule is CS(=O)(=O)CCSc1nnc(-c2ccccc2Cl)n1-c1cccc(C(F)(F)F)c1. The van der Waals surface area contributed by atoms with Gasteiger partial charge in [0.2, 0.25) is 0 Å². The van der Waals surface area contributed by atoms with Gasteiger partial charge in [0.05, 0.1) is 22.0 Å². The molecule has 11 heteroatoms. The van der Waals surface area contributed by atoms with Crippen molar-refractivity contribution >= 4 is 33.2 Å². The van der Waals surface area contributed by atoms with Gasteiger partial charge < -0.3 is 0 Å². The number of thioether (sulfide) groups is 1. The number of aromatic nitrogens is 3. The minimum atomic E-state index is -4.52. The average molecular weight is 462 g/mol. The predicted octanol–water partition coefficient (Wildman–Crippen LogP) is 4.74. The lowest BCUT2D eigenvalue weighted by atomic mass is 10.1. The summed E-state index contributed by atoms with van der Waals surface area (Å²) >= 11 is 7.34. The van der Waals surface area contributed by atoms with Gasteiger partial charge in [0, 0.05) is 17.6 Å². The molecule has 0 aliphatic rings. The van der Waals surface area contributed by atoms with Crippen molar-refractivity contribution in [3.8, 4) is 17.1 Å². The summed E-state index contributed by atoms with van der Waals surface area (Å²) < 4.78 is 63.9. The highest BCUT2D eigenvalue weighted by Gasteiger charge is 2.31. The summed E-state index contributed by atoms with van der Waals surface area (Å²) in [7, 11) is -3.20. The van der Waals surface area contributed by atoms with Crippen molar-refractivity contribution in [2.45, 2.75) is 11.3 Å². The molecule has 0 saturated heterocycles. The highest BCUT2D eigenvalue weighted by Crippen LogP contribution is 2.35. The van der Waals surface area contributed by atoms with Crippen LogP contribution in [0.25, 0.3) is 17.1 Å². The number of alkyl halides is 3. The van der Waals surface area contributed by atoms with Crippen LogP contribution in [-0.4, -0.2) is 40.9 Å². The molecule has 0 radical (unpaired) electrons. The first-order valence-corrected chi connectivity index (χ1v) is 11.7. The van der Waals surface area contributed by atoms with Gasteiger partial charge in [-0.15, -0.1) is 10.2 Å². The summed E-state index contributed by atoms with van der Waals surface area (Å²) in [6, 6.07) is 11.5. The fraction of sp³-hybridized carbons (Fsp3) is 0.222. The summed E-state index contributed by atoms with van der Waals surface area (Å²) in [6.07, 6.45) is -3.40. The van der Waals surface area contributed by atoms with E-state index < -0.39 is 21.6 Å². The van der Waals surface area contributed by atoms with Crippen LogP contribution in [0.1, 0.15) is 5.56 Å². The van der Waals surface area contributed by atoms with E-state index in [-0.39, 0.29) is 28.2 Å². The number of halogens is 4. The van der Waals surface area contributed by atoms with E-state index in [1.807, 2.05) is 0 Å². The molecule has 0 aliphatic heterocycles. The first-order chi connectivity index (χ1) is 13.6. The zero-order valence-corrected chi connectivity index (χ0v) is 17.4. The Balaban J connectivity index is 2.11. The first kappa shape index (κ1) is 21.7. The van der Waals surface area contributed by atoms with Crippen molar-refractivity contribution in [1.82, 2.24) is 14.8 Å². The Kier molecular flexibility index (Phi) is 6.25. The Bertz CT molecular complexity index is 1130. The minimum absolute atomic E-state index is 0.103. The Morgan fingerprint density at radius 3 is 2.48 bits per heavy atom. The number of hydrogen-bond donors (Lipinski definition) is 0. The van der Waals surface area contributed by atoms with Crippen LogP contribution in [-0.2, 0) is 16.0 Å². The summed E-state index contributed by atoms with van der Waals surface area (Å²) in [5, 5.41) is 8.80. The van der Waals surface area contributed by atoms with Gasteiger partial charge in [0.15, 0.2) is 11.0 Å². The standard InChI is InChI=1S/C18H15ClF3N3O2S2/c1-29(26,27)10-9-28-17-24-23-16(14-7-2-3-8-15(14)19)25(17)13-6-4-5-12(11-13)18(20,21)22/h2-8,11H,9-10H2,1H3. The smallest absolute Gasteiger partial charge is 0.270 e. The van der Waals surface area contributed by atoms with E-state index in [4.69, 9.17) is 11.6 Å². The number of sulfone groups is 1. The number of rotatable bonds is 6. The quantitative estimate of drug-likeness (QED) is 0.496. The Morgan fingerprint density at radius 1 is 1.10 bits per heavy atom. The second-order valence-electron chi connectivity index (χ2n) is 6.15.